The maximum Gasteiger partial charge on any atom is 0.227 e. The summed E-state index contributed by atoms with van der Waals surface area (Å²) in [6, 6.07) is 5.49. The van der Waals surface area contributed by atoms with Crippen LogP contribution in [-0.4, -0.2) is 36.6 Å². The predicted octanol–water partition coefficient (Wildman–Crippen LogP) is 2.17. The van der Waals surface area contributed by atoms with Crippen molar-refractivity contribution < 1.29 is 9.59 Å². The van der Waals surface area contributed by atoms with Crippen molar-refractivity contribution in [3.8, 4) is 0 Å². The lowest BCUT2D eigenvalue weighted by Crippen LogP contribution is -2.26. The van der Waals surface area contributed by atoms with Crippen LogP contribution in [0.1, 0.15) is 25.7 Å². The van der Waals surface area contributed by atoms with E-state index in [1.165, 1.54) is 0 Å². The number of rotatable bonds is 4. The van der Waals surface area contributed by atoms with Gasteiger partial charge < -0.3 is 15.5 Å². The first-order chi connectivity index (χ1) is 11.1. The summed E-state index contributed by atoms with van der Waals surface area (Å²) in [6.07, 6.45) is 2.77. The van der Waals surface area contributed by atoms with Crippen LogP contribution in [0.2, 0.25) is 0 Å². The van der Waals surface area contributed by atoms with Crippen LogP contribution in [0.3, 0.4) is 0 Å². The number of anilines is 2. The molecule has 2 heterocycles. The van der Waals surface area contributed by atoms with Gasteiger partial charge in [-0.1, -0.05) is 0 Å². The molecule has 23 heavy (non-hydrogen) atoms. The van der Waals surface area contributed by atoms with E-state index in [4.69, 9.17) is 17.3 Å². The maximum absolute atomic E-state index is 12.1. The summed E-state index contributed by atoms with van der Waals surface area (Å²) in [6.45, 7) is 1.36. The number of amides is 2. The van der Waals surface area contributed by atoms with Crippen LogP contribution in [0, 0.1) is 0 Å². The van der Waals surface area contributed by atoms with E-state index in [0.29, 0.717) is 43.1 Å². The van der Waals surface area contributed by atoms with E-state index < -0.39 is 0 Å². The lowest BCUT2D eigenvalue weighted by molar-refractivity contribution is -0.117. The Labute approximate surface area is 139 Å². The normalized spacial score (nSPS) is 19.1. The van der Waals surface area contributed by atoms with Crippen LogP contribution in [0.15, 0.2) is 23.2 Å². The molecule has 0 aliphatic carbocycles. The minimum Gasteiger partial charge on any atom is -0.386 e. The zero-order chi connectivity index (χ0) is 16.4. The monoisotopic (exact) mass is 334 g/mol. The number of hydrogen-bond donors (Lipinski definition) is 1. The van der Waals surface area contributed by atoms with Crippen LogP contribution in [0.4, 0.5) is 17.1 Å². The highest BCUT2D eigenvalue weighted by Crippen LogP contribution is 2.36. The Kier molecular flexibility index (Phi) is 4.52. The molecule has 2 fully saturated rings. The molecule has 0 radical (unpaired) electrons. The fourth-order valence-corrected chi connectivity index (χ4v) is 3.06. The van der Waals surface area contributed by atoms with Crippen LogP contribution in [0.25, 0.3) is 0 Å². The third kappa shape index (κ3) is 3.17. The number of nitrogens with two attached hydrogens (primary N) is 1. The Bertz CT molecular complexity index is 674. The van der Waals surface area contributed by atoms with E-state index in [9.17, 15) is 9.59 Å². The van der Waals surface area contributed by atoms with Crippen LogP contribution >= 0.6 is 11.6 Å². The molecule has 0 spiro atoms. The van der Waals surface area contributed by atoms with Gasteiger partial charge in [-0.25, -0.2) is 4.99 Å². The number of carbonyl (C=O) groups excluding carboxylic acids is 2. The Morgan fingerprint density at radius 3 is 2.35 bits per heavy atom. The first-order valence-electron chi connectivity index (χ1n) is 7.74. The van der Waals surface area contributed by atoms with Crippen LogP contribution in [-0.2, 0) is 9.59 Å². The molecule has 0 bridgehead atoms. The van der Waals surface area contributed by atoms with Gasteiger partial charge in [-0.3, -0.25) is 9.59 Å². The molecule has 2 aliphatic heterocycles. The van der Waals surface area contributed by atoms with Crippen molar-refractivity contribution in [2.45, 2.75) is 25.7 Å². The van der Waals surface area contributed by atoms with Gasteiger partial charge in [0.2, 0.25) is 11.8 Å². The molecule has 6 nitrogen and oxygen atoms in total. The Balaban J connectivity index is 2.03. The van der Waals surface area contributed by atoms with Gasteiger partial charge in [0.25, 0.3) is 0 Å². The van der Waals surface area contributed by atoms with E-state index in [1.807, 2.05) is 12.1 Å². The van der Waals surface area contributed by atoms with Crippen molar-refractivity contribution in [1.82, 2.24) is 0 Å². The topological polar surface area (TPSA) is 79.0 Å². The van der Waals surface area contributed by atoms with Gasteiger partial charge in [-0.15, -0.1) is 11.6 Å². The fourth-order valence-electron chi connectivity index (χ4n) is 3.00. The zero-order valence-electron chi connectivity index (χ0n) is 12.8. The number of halogens is 1. The molecule has 1 aromatic rings. The fraction of sp³-hybridized carbons (Fsp3) is 0.438. The van der Waals surface area contributed by atoms with Gasteiger partial charge >= 0.3 is 0 Å². The highest BCUT2D eigenvalue weighted by Gasteiger charge is 2.27. The number of amidine groups is 1. The average Bonchev–Trinajstić information content (AvgIpc) is 3.16. The van der Waals surface area contributed by atoms with Crippen LogP contribution < -0.4 is 15.5 Å². The molecule has 122 valence electrons. The molecule has 1 aromatic carbocycles. The van der Waals surface area contributed by atoms with Gasteiger partial charge in [0.15, 0.2) is 0 Å². The zero-order valence-corrected chi connectivity index (χ0v) is 13.6. The number of carbonyl (C=O) groups is 2. The van der Waals surface area contributed by atoms with Crippen molar-refractivity contribution in [3.05, 3.63) is 18.2 Å². The molecule has 2 aliphatic rings. The first kappa shape index (κ1) is 15.8. The van der Waals surface area contributed by atoms with E-state index in [2.05, 4.69) is 4.99 Å². The quantitative estimate of drug-likeness (QED) is 0.520. The second-order valence-corrected chi connectivity index (χ2v) is 5.97. The number of nitrogens with zero attached hydrogens (tertiary/aromatic N) is 3. The summed E-state index contributed by atoms with van der Waals surface area (Å²) in [5.74, 6) is 0.598. The molecule has 2 saturated heterocycles. The van der Waals surface area contributed by atoms with E-state index >= 15 is 0 Å². The number of alkyl halides is 1. The van der Waals surface area contributed by atoms with E-state index in [1.54, 1.807) is 15.9 Å². The van der Waals surface area contributed by atoms with Gasteiger partial charge in [0.05, 0.1) is 17.3 Å². The second-order valence-electron chi connectivity index (χ2n) is 5.71. The third-order valence-corrected chi connectivity index (χ3v) is 4.38. The molecule has 7 heteroatoms. The van der Waals surface area contributed by atoms with Crippen LogP contribution in [0.5, 0.6) is 0 Å². The van der Waals surface area contributed by atoms with Crippen molar-refractivity contribution in [2.24, 2.45) is 10.7 Å². The lowest BCUT2D eigenvalue weighted by Gasteiger charge is -2.22. The predicted molar refractivity (Wildman–Crippen MR) is 91.6 cm³/mol. The van der Waals surface area contributed by atoms with Crippen molar-refractivity contribution in [1.29, 1.82) is 0 Å². The van der Waals surface area contributed by atoms with Crippen molar-refractivity contribution in [3.63, 3.8) is 0 Å². The summed E-state index contributed by atoms with van der Waals surface area (Å²) in [5.41, 5.74) is 7.83. The summed E-state index contributed by atoms with van der Waals surface area (Å²) in [7, 11) is 0. The summed E-state index contributed by atoms with van der Waals surface area (Å²) in [5, 5.41) is 0. The smallest absolute Gasteiger partial charge is 0.227 e. The molecule has 3 rings (SSSR count). The minimum absolute atomic E-state index is 0.0655. The molecule has 0 unspecified atom stereocenters. The maximum atomic E-state index is 12.1. The standard InChI is InChI=1S/C16H19ClN4O2/c17-10-14(18)19-12-6-5-11(20-7-1-3-15(20)22)9-13(12)21-8-2-4-16(21)23/h5-6,9H,1-4,7-8,10H2,(H2,18,19). The largest absolute Gasteiger partial charge is 0.386 e. The molecule has 2 amide bonds. The minimum atomic E-state index is 0.0655. The number of benzene rings is 1. The highest BCUT2D eigenvalue weighted by atomic mass is 35.5. The van der Waals surface area contributed by atoms with E-state index in [-0.39, 0.29) is 17.7 Å². The van der Waals surface area contributed by atoms with Crippen molar-refractivity contribution >= 4 is 46.3 Å². The number of aliphatic imine (C=N–C) groups is 1. The molecule has 0 aromatic heterocycles. The highest BCUT2D eigenvalue weighted by molar-refractivity contribution is 6.28. The molecular weight excluding hydrogens is 316 g/mol. The first-order valence-corrected chi connectivity index (χ1v) is 8.27. The van der Waals surface area contributed by atoms with Gasteiger partial charge in [0, 0.05) is 31.6 Å². The van der Waals surface area contributed by atoms with Gasteiger partial charge in [-0.2, -0.15) is 0 Å². The third-order valence-electron chi connectivity index (χ3n) is 4.11. The Morgan fingerprint density at radius 2 is 1.78 bits per heavy atom. The molecular formula is C16H19ClN4O2. The Hall–Kier alpha value is -2.08. The van der Waals surface area contributed by atoms with E-state index in [0.717, 1.165) is 18.5 Å². The summed E-state index contributed by atoms with van der Waals surface area (Å²) >= 11 is 5.71. The number of hydrogen-bond acceptors (Lipinski definition) is 3. The SMILES string of the molecule is NC(CCl)=Nc1ccc(N2CCCC2=O)cc1N1CCCC1=O. The summed E-state index contributed by atoms with van der Waals surface area (Å²) < 4.78 is 0. The molecule has 2 N–H and O–H groups in total. The molecule has 0 atom stereocenters. The van der Waals surface area contributed by atoms with Gasteiger partial charge in [-0.05, 0) is 31.0 Å². The average molecular weight is 335 g/mol. The molecule has 0 saturated carbocycles. The lowest BCUT2D eigenvalue weighted by atomic mass is 10.2. The Morgan fingerprint density at radius 1 is 1.13 bits per heavy atom. The second kappa shape index (κ2) is 6.58. The van der Waals surface area contributed by atoms with Crippen molar-refractivity contribution in [2.75, 3.05) is 28.8 Å². The van der Waals surface area contributed by atoms with Gasteiger partial charge in [0.1, 0.15) is 5.84 Å². The summed E-state index contributed by atoms with van der Waals surface area (Å²) in [4.78, 5) is 31.9.